The number of hydrogen-bond acceptors (Lipinski definition) is 4. The van der Waals surface area contributed by atoms with E-state index < -0.39 is 5.97 Å². The molecule has 108 valence electrons. The Bertz CT molecular complexity index is 555. The summed E-state index contributed by atoms with van der Waals surface area (Å²) in [6.07, 6.45) is 0.273. The molecule has 1 aromatic rings. The van der Waals surface area contributed by atoms with Gasteiger partial charge in [0.15, 0.2) is 0 Å². The van der Waals surface area contributed by atoms with Gasteiger partial charge >= 0.3 is 5.97 Å². The molecule has 0 fully saturated rings. The molecule has 0 unspecified atom stereocenters. The van der Waals surface area contributed by atoms with Crippen molar-refractivity contribution in [2.75, 3.05) is 20.2 Å². The fraction of sp³-hybridized carbons (Fsp3) is 0.500. The molecule has 0 bridgehead atoms. The van der Waals surface area contributed by atoms with Crippen LogP contribution in [0.3, 0.4) is 0 Å². The molecule has 0 saturated carbocycles. The van der Waals surface area contributed by atoms with Gasteiger partial charge in [-0.05, 0) is 26.3 Å². The van der Waals surface area contributed by atoms with Crippen LogP contribution in [0.2, 0.25) is 0 Å². The van der Waals surface area contributed by atoms with E-state index in [2.05, 4.69) is 4.98 Å². The smallest absolute Gasteiger partial charge is 0.355 e. The highest BCUT2D eigenvalue weighted by atomic mass is 16.5. The molecule has 6 nitrogen and oxygen atoms in total. The Morgan fingerprint density at radius 2 is 2.05 bits per heavy atom. The number of carbonyl (C=O) groups excluding carboxylic acids is 2. The third kappa shape index (κ3) is 3.18. The Labute approximate surface area is 118 Å². The van der Waals surface area contributed by atoms with Crippen LogP contribution in [-0.4, -0.2) is 42.0 Å². The minimum atomic E-state index is -0.466. The van der Waals surface area contributed by atoms with E-state index in [1.54, 1.807) is 27.8 Å². The molecule has 0 atom stereocenters. The monoisotopic (exact) mass is 277 g/mol. The summed E-state index contributed by atoms with van der Waals surface area (Å²) in [7, 11) is 1.63. The number of aromatic nitrogens is 1. The molecule has 1 heterocycles. The van der Waals surface area contributed by atoms with E-state index in [9.17, 15) is 9.59 Å². The zero-order valence-corrected chi connectivity index (χ0v) is 12.2. The number of aryl methyl sites for hydroxylation is 1. The van der Waals surface area contributed by atoms with Gasteiger partial charge in [-0.15, -0.1) is 0 Å². The maximum Gasteiger partial charge on any atom is 0.355 e. The molecule has 1 aromatic heterocycles. The van der Waals surface area contributed by atoms with E-state index in [1.165, 1.54) is 4.90 Å². The minimum Gasteiger partial charge on any atom is -0.461 e. The third-order valence-corrected chi connectivity index (χ3v) is 3.04. The molecule has 1 amide bonds. The Hall–Kier alpha value is -2.29. The van der Waals surface area contributed by atoms with Crippen LogP contribution in [0.1, 0.15) is 45.4 Å². The lowest BCUT2D eigenvalue weighted by molar-refractivity contribution is 0.0519. The number of hydrogen-bond donors (Lipinski definition) is 1. The fourth-order valence-corrected chi connectivity index (χ4v) is 1.99. The van der Waals surface area contributed by atoms with Gasteiger partial charge in [-0.1, -0.05) is 0 Å². The van der Waals surface area contributed by atoms with Crippen LogP contribution in [0, 0.1) is 25.2 Å². The number of ether oxygens (including phenoxy) is 1. The number of aromatic amines is 1. The normalized spacial score (nSPS) is 9.95. The van der Waals surface area contributed by atoms with Crippen molar-refractivity contribution in [3.63, 3.8) is 0 Å². The maximum atomic E-state index is 12.3. The van der Waals surface area contributed by atoms with Crippen molar-refractivity contribution in [1.82, 2.24) is 9.88 Å². The summed E-state index contributed by atoms with van der Waals surface area (Å²) in [4.78, 5) is 28.5. The molecular weight excluding hydrogens is 258 g/mol. The second kappa shape index (κ2) is 6.75. The summed E-state index contributed by atoms with van der Waals surface area (Å²) < 4.78 is 4.94. The van der Waals surface area contributed by atoms with Crippen molar-refractivity contribution in [3.8, 4) is 6.07 Å². The number of H-pyrrole nitrogens is 1. The van der Waals surface area contributed by atoms with Crippen LogP contribution in [0.25, 0.3) is 0 Å². The van der Waals surface area contributed by atoms with E-state index in [-0.39, 0.29) is 18.9 Å². The van der Waals surface area contributed by atoms with Crippen LogP contribution >= 0.6 is 0 Å². The average Bonchev–Trinajstić information content (AvgIpc) is 2.71. The molecule has 0 spiro atoms. The Balaban J connectivity index is 3.05. The highest BCUT2D eigenvalue weighted by molar-refractivity contribution is 6.01. The van der Waals surface area contributed by atoms with Gasteiger partial charge in [0.05, 0.1) is 24.7 Å². The first kappa shape index (κ1) is 15.8. The lowest BCUT2D eigenvalue weighted by Crippen LogP contribution is -2.28. The summed E-state index contributed by atoms with van der Waals surface area (Å²) in [5.41, 5.74) is 1.98. The fourth-order valence-electron chi connectivity index (χ4n) is 1.99. The second-order valence-electron chi connectivity index (χ2n) is 4.48. The summed E-state index contributed by atoms with van der Waals surface area (Å²) >= 11 is 0. The summed E-state index contributed by atoms with van der Waals surface area (Å²) in [5, 5.41) is 8.56. The number of rotatable bonds is 5. The van der Waals surface area contributed by atoms with Crippen LogP contribution in [-0.2, 0) is 4.74 Å². The summed E-state index contributed by atoms with van der Waals surface area (Å²) in [5.74, 6) is -0.672. The highest BCUT2D eigenvalue weighted by Crippen LogP contribution is 2.20. The molecule has 0 radical (unpaired) electrons. The first-order valence-electron chi connectivity index (χ1n) is 6.42. The van der Waals surface area contributed by atoms with Gasteiger partial charge in [0.25, 0.3) is 5.91 Å². The molecule has 0 aliphatic carbocycles. The molecule has 1 N–H and O–H groups in total. The molecule has 20 heavy (non-hydrogen) atoms. The molecule has 0 aromatic carbocycles. The number of nitrogens with one attached hydrogen (secondary N) is 1. The van der Waals surface area contributed by atoms with E-state index in [0.29, 0.717) is 29.1 Å². The standard InChI is InChI=1S/C14H19N3O3/c1-5-20-14(19)12-9(2)11(10(3)16-12)13(18)17(4)8-6-7-15/h16H,5-6,8H2,1-4H3. The lowest BCUT2D eigenvalue weighted by Gasteiger charge is -2.15. The van der Waals surface area contributed by atoms with E-state index in [1.807, 2.05) is 6.07 Å². The van der Waals surface area contributed by atoms with Crippen LogP contribution in [0.4, 0.5) is 0 Å². The Kier molecular flexibility index (Phi) is 5.32. The van der Waals surface area contributed by atoms with Gasteiger partial charge in [-0.25, -0.2) is 4.79 Å². The molecule has 0 aliphatic heterocycles. The lowest BCUT2D eigenvalue weighted by atomic mass is 10.1. The predicted octanol–water partition coefficient (Wildman–Crippen LogP) is 1.79. The maximum absolute atomic E-state index is 12.3. The van der Waals surface area contributed by atoms with E-state index in [4.69, 9.17) is 10.00 Å². The third-order valence-electron chi connectivity index (χ3n) is 3.04. The van der Waals surface area contributed by atoms with Crippen molar-refractivity contribution < 1.29 is 14.3 Å². The first-order valence-corrected chi connectivity index (χ1v) is 6.42. The second-order valence-corrected chi connectivity index (χ2v) is 4.48. The molecule has 0 saturated heterocycles. The summed E-state index contributed by atoms with van der Waals surface area (Å²) in [6, 6.07) is 2.00. The molecule has 6 heteroatoms. The van der Waals surface area contributed by atoms with Crippen molar-refractivity contribution in [3.05, 3.63) is 22.5 Å². The molecular formula is C14H19N3O3. The van der Waals surface area contributed by atoms with Crippen molar-refractivity contribution >= 4 is 11.9 Å². The highest BCUT2D eigenvalue weighted by Gasteiger charge is 2.24. The predicted molar refractivity (Wildman–Crippen MR) is 73.4 cm³/mol. The average molecular weight is 277 g/mol. The largest absolute Gasteiger partial charge is 0.461 e. The number of carbonyl (C=O) groups is 2. The van der Waals surface area contributed by atoms with Gasteiger partial charge < -0.3 is 14.6 Å². The van der Waals surface area contributed by atoms with Crippen LogP contribution < -0.4 is 0 Å². The number of esters is 1. The Morgan fingerprint density at radius 3 is 2.60 bits per heavy atom. The number of amides is 1. The van der Waals surface area contributed by atoms with Crippen molar-refractivity contribution in [1.29, 1.82) is 5.26 Å². The summed E-state index contributed by atoms with van der Waals surface area (Å²) in [6.45, 7) is 5.81. The number of nitriles is 1. The zero-order chi connectivity index (χ0) is 15.3. The van der Waals surface area contributed by atoms with Gasteiger partial charge in [0, 0.05) is 19.3 Å². The van der Waals surface area contributed by atoms with E-state index in [0.717, 1.165) is 0 Å². The molecule has 1 rings (SSSR count). The molecule has 0 aliphatic rings. The van der Waals surface area contributed by atoms with Gasteiger partial charge in [0.2, 0.25) is 0 Å². The number of nitrogens with zero attached hydrogens (tertiary/aromatic N) is 2. The van der Waals surface area contributed by atoms with Crippen molar-refractivity contribution in [2.45, 2.75) is 27.2 Å². The van der Waals surface area contributed by atoms with Gasteiger partial charge in [-0.2, -0.15) is 5.26 Å². The van der Waals surface area contributed by atoms with Crippen LogP contribution in [0.15, 0.2) is 0 Å². The minimum absolute atomic E-state index is 0.206. The van der Waals surface area contributed by atoms with Crippen LogP contribution in [0.5, 0.6) is 0 Å². The van der Waals surface area contributed by atoms with E-state index >= 15 is 0 Å². The van der Waals surface area contributed by atoms with Crippen molar-refractivity contribution in [2.24, 2.45) is 0 Å². The quantitative estimate of drug-likeness (QED) is 0.831. The Morgan fingerprint density at radius 1 is 1.40 bits per heavy atom. The SMILES string of the molecule is CCOC(=O)c1[nH]c(C)c(C(=O)N(C)CCC#N)c1C. The van der Waals surface area contributed by atoms with Gasteiger partial charge in [0.1, 0.15) is 5.69 Å². The van der Waals surface area contributed by atoms with Gasteiger partial charge in [-0.3, -0.25) is 4.79 Å². The zero-order valence-electron chi connectivity index (χ0n) is 12.2. The first-order chi connectivity index (χ1) is 9.43. The topological polar surface area (TPSA) is 86.2 Å².